The van der Waals surface area contributed by atoms with Crippen molar-refractivity contribution in [2.45, 2.75) is 19.8 Å². The van der Waals surface area contributed by atoms with Crippen LogP contribution in [0.2, 0.25) is 0 Å². The molecular weight excluding hydrogens is 286 g/mol. The van der Waals surface area contributed by atoms with Crippen LogP contribution in [0.5, 0.6) is 11.5 Å². The SMILES string of the molecule is CCOc1cccc2c1OCC(C(=O)NCCCC(=O)O)=C2. The summed E-state index contributed by atoms with van der Waals surface area (Å²) in [7, 11) is 0. The van der Waals surface area contributed by atoms with E-state index in [0.29, 0.717) is 36.6 Å². The number of amides is 1. The van der Waals surface area contributed by atoms with Gasteiger partial charge in [0, 0.05) is 18.5 Å². The second-order valence-corrected chi connectivity index (χ2v) is 4.82. The van der Waals surface area contributed by atoms with Crippen LogP contribution in [0, 0.1) is 0 Å². The Morgan fingerprint density at radius 1 is 1.41 bits per heavy atom. The third-order valence-electron chi connectivity index (χ3n) is 3.16. The van der Waals surface area contributed by atoms with Crippen LogP contribution in [-0.4, -0.2) is 36.7 Å². The van der Waals surface area contributed by atoms with Crippen LogP contribution in [0.1, 0.15) is 25.3 Å². The summed E-state index contributed by atoms with van der Waals surface area (Å²) < 4.78 is 11.1. The maximum atomic E-state index is 12.0. The van der Waals surface area contributed by atoms with Crippen molar-refractivity contribution >= 4 is 18.0 Å². The third-order valence-corrected chi connectivity index (χ3v) is 3.16. The molecule has 118 valence electrons. The molecule has 6 nitrogen and oxygen atoms in total. The number of carbonyl (C=O) groups is 2. The highest BCUT2D eigenvalue weighted by atomic mass is 16.5. The van der Waals surface area contributed by atoms with E-state index in [1.165, 1.54) is 0 Å². The molecule has 0 fully saturated rings. The molecule has 0 unspecified atom stereocenters. The Kier molecular flexibility index (Phi) is 5.41. The van der Waals surface area contributed by atoms with Gasteiger partial charge in [-0.3, -0.25) is 9.59 Å². The Morgan fingerprint density at radius 3 is 2.95 bits per heavy atom. The summed E-state index contributed by atoms with van der Waals surface area (Å²) in [4.78, 5) is 22.4. The van der Waals surface area contributed by atoms with Crippen molar-refractivity contribution in [2.24, 2.45) is 0 Å². The molecule has 0 atom stereocenters. The minimum Gasteiger partial charge on any atom is -0.490 e. The molecule has 0 aromatic heterocycles. The number of carbonyl (C=O) groups excluding carboxylic acids is 1. The molecule has 1 heterocycles. The smallest absolute Gasteiger partial charge is 0.303 e. The molecule has 0 bridgehead atoms. The molecule has 0 saturated heterocycles. The Morgan fingerprint density at radius 2 is 2.23 bits per heavy atom. The molecule has 0 saturated carbocycles. The van der Waals surface area contributed by atoms with Crippen LogP contribution in [0.25, 0.3) is 6.08 Å². The first-order valence-corrected chi connectivity index (χ1v) is 7.21. The first kappa shape index (κ1) is 15.9. The lowest BCUT2D eigenvalue weighted by molar-refractivity contribution is -0.137. The fourth-order valence-electron chi connectivity index (χ4n) is 2.14. The Balaban J connectivity index is 2.00. The van der Waals surface area contributed by atoms with Crippen LogP contribution >= 0.6 is 0 Å². The van der Waals surface area contributed by atoms with E-state index >= 15 is 0 Å². The van der Waals surface area contributed by atoms with E-state index in [-0.39, 0.29) is 18.9 Å². The van der Waals surface area contributed by atoms with Gasteiger partial charge in [0.15, 0.2) is 11.5 Å². The zero-order valence-electron chi connectivity index (χ0n) is 12.4. The predicted molar refractivity (Wildman–Crippen MR) is 81.0 cm³/mol. The summed E-state index contributed by atoms with van der Waals surface area (Å²) in [6.45, 7) is 2.94. The average Bonchev–Trinajstić information content (AvgIpc) is 2.51. The zero-order valence-corrected chi connectivity index (χ0v) is 12.4. The van der Waals surface area contributed by atoms with Gasteiger partial charge in [-0.1, -0.05) is 12.1 Å². The van der Waals surface area contributed by atoms with E-state index in [2.05, 4.69) is 5.32 Å². The molecule has 0 radical (unpaired) electrons. The number of para-hydroxylation sites is 1. The minimum absolute atomic E-state index is 0.0381. The predicted octanol–water partition coefficient (Wildman–Crippen LogP) is 1.84. The van der Waals surface area contributed by atoms with Crippen LogP contribution in [0.3, 0.4) is 0 Å². The van der Waals surface area contributed by atoms with Gasteiger partial charge in [0.2, 0.25) is 0 Å². The monoisotopic (exact) mass is 305 g/mol. The number of carboxylic acids is 1. The van der Waals surface area contributed by atoms with Gasteiger partial charge in [0.05, 0.1) is 12.2 Å². The molecule has 0 aliphatic carbocycles. The maximum Gasteiger partial charge on any atom is 0.303 e. The molecule has 1 aliphatic rings. The number of carboxylic acid groups (broad SMARTS) is 1. The fourth-order valence-corrected chi connectivity index (χ4v) is 2.14. The second kappa shape index (κ2) is 7.49. The molecule has 6 heteroatoms. The fraction of sp³-hybridized carbons (Fsp3) is 0.375. The van der Waals surface area contributed by atoms with Gasteiger partial charge >= 0.3 is 5.97 Å². The quantitative estimate of drug-likeness (QED) is 0.751. The van der Waals surface area contributed by atoms with Crippen LogP contribution in [-0.2, 0) is 9.59 Å². The van der Waals surface area contributed by atoms with Crippen molar-refractivity contribution in [1.29, 1.82) is 0 Å². The van der Waals surface area contributed by atoms with Crippen LogP contribution in [0.15, 0.2) is 23.8 Å². The number of rotatable bonds is 7. The normalized spacial score (nSPS) is 12.7. The Hall–Kier alpha value is -2.50. The maximum absolute atomic E-state index is 12.0. The molecule has 22 heavy (non-hydrogen) atoms. The highest BCUT2D eigenvalue weighted by molar-refractivity contribution is 5.99. The number of nitrogens with one attached hydrogen (secondary N) is 1. The van der Waals surface area contributed by atoms with Gasteiger partial charge in [-0.2, -0.15) is 0 Å². The lowest BCUT2D eigenvalue weighted by atomic mass is 10.1. The lowest BCUT2D eigenvalue weighted by Crippen LogP contribution is -2.29. The van der Waals surface area contributed by atoms with Crippen molar-refractivity contribution in [1.82, 2.24) is 5.32 Å². The number of ether oxygens (including phenoxy) is 2. The lowest BCUT2D eigenvalue weighted by Gasteiger charge is -2.20. The third kappa shape index (κ3) is 4.00. The summed E-state index contributed by atoms with van der Waals surface area (Å²) in [5.74, 6) is 0.202. The summed E-state index contributed by atoms with van der Waals surface area (Å²) >= 11 is 0. The summed E-state index contributed by atoms with van der Waals surface area (Å²) in [5.41, 5.74) is 1.31. The number of hydrogen-bond acceptors (Lipinski definition) is 4. The van der Waals surface area contributed by atoms with E-state index in [1.54, 1.807) is 6.08 Å². The van der Waals surface area contributed by atoms with E-state index in [4.69, 9.17) is 14.6 Å². The number of hydrogen-bond donors (Lipinski definition) is 2. The summed E-state index contributed by atoms with van der Waals surface area (Å²) in [6.07, 6.45) is 2.21. The highest BCUT2D eigenvalue weighted by Crippen LogP contribution is 2.35. The molecule has 0 spiro atoms. The summed E-state index contributed by atoms with van der Waals surface area (Å²) in [5, 5.41) is 11.2. The van der Waals surface area contributed by atoms with E-state index in [0.717, 1.165) is 5.56 Å². The van der Waals surface area contributed by atoms with Crippen molar-refractivity contribution < 1.29 is 24.2 Å². The van der Waals surface area contributed by atoms with Crippen molar-refractivity contribution in [2.75, 3.05) is 19.8 Å². The molecule has 1 aromatic rings. The molecule has 2 N–H and O–H groups in total. The molecule has 1 amide bonds. The van der Waals surface area contributed by atoms with Gasteiger partial charge in [0.1, 0.15) is 6.61 Å². The highest BCUT2D eigenvalue weighted by Gasteiger charge is 2.19. The van der Waals surface area contributed by atoms with E-state index in [1.807, 2.05) is 25.1 Å². The zero-order chi connectivity index (χ0) is 15.9. The van der Waals surface area contributed by atoms with Gasteiger partial charge < -0.3 is 19.9 Å². The standard InChI is InChI=1S/C16H19NO5/c1-2-21-13-6-3-5-11-9-12(10-22-15(11)13)16(20)17-8-4-7-14(18)19/h3,5-6,9H,2,4,7-8,10H2,1H3,(H,17,20)(H,18,19). The summed E-state index contributed by atoms with van der Waals surface area (Å²) in [6, 6.07) is 5.53. The number of aliphatic carboxylic acids is 1. The molecule has 2 rings (SSSR count). The molecule has 1 aliphatic heterocycles. The van der Waals surface area contributed by atoms with Crippen LogP contribution in [0.4, 0.5) is 0 Å². The van der Waals surface area contributed by atoms with Crippen molar-refractivity contribution in [3.63, 3.8) is 0 Å². The second-order valence-electron chi connectivity index (χ2n) is 4.82. The molecule has 1 aromatic carbocycles. The van der Waals surface area contributed by atoms with Gasteiger partial charge in [-0.15, -0.1) is 0 Å². The number of benzene rings is 1. The number of fused-ring (bicyclic) bond motifs is 1. The van der Waals surface area contributed by atoms with Gasteiger partial charge in [-0.05, 0) is 25.5 Å². The minimum atomic E-state index is -0.869. The van der Waals surface area contributed by atoms with Gasteiger partial charge in [0.25, 0.3) is 5.91 Å². The average molecular weight is 305 g/mol. The van der Waals surface area contributed by atoms with Crippen molar-refractivity contribution in [3.05, 3.63) is 29.3 Å². The van der Waals surface area contributed by atoms with Crippen molar-refractivity contribution in [3.8, 4) is 11.5 Å². The van der Waals surface area contributed by atoms with Gasteiger partial charge in [-0.25, -0.2) is 0 Å². The Labute approximate surface area is 128 Å². The Bertz CT molecular complexity index is 594. The first-order chi connectivity index (χ1) is 10.6. The van der Waals surface area contributed by atoms with E-state index < -0.39 is 5.97 Å². The topological polar surface area (TPSA) is 84.9 Å². The first-order valence-electron chi connectivity index (χ1n) is 7.21. The van der Waals surface area contributed by atoms with Crippen LogP contribution < -0.4 is 14.8 Å². The van der Waals surface area contributed by atoms with E-state index in [9.17, 15) is 9.59 Å². The largest absolute Gasteiger partial charge is 0.490 e. The molecular formula is C16H19NO5.